The van der Waals surface area contributed by atoms with Crippen LogP contribution in [-0.2, 0) is 4.79 Å². The fourth-order valence-corrected chi connectivity index (χ4v) is 2.91. The number of furan rings is 1. The minimum atomic E-state index is -0.971. The summed E-state index contributed by atoms with van der Waals surface area (Å²) in [5, 5.41) is 9.65. The first-order valence-electron chi connectivity index (χ1n) is 6.66. The third-order valence-electron chi connectivity index (χ3n) is 3.90. The molecule has 1 aromatic carbocycles. The maximum absolute atomic E-state index is 12.5. The lowest BCUT2D eigenvalue weighted by atomic mass is 9.82. The van der Waals surface area contributed by atoms with Crippen molar-refractivity contribution in [3.63, 3.8) is 0 Å². The van der Waals surface area contributed by atoms with E-state index in [0.717, 1.165) is 0 Å². The minimum Gasteiger partial charge on any atom is -0.481 e. The van der Waals surface area contributed by atoms with E-state index < -0.39 is 17.9 Å². The summed E-state index contributed by atoms with van der Waals surface area (Å²) >= 11 is 0. The van der Waals surface area contributed by atoms with Crippen LogP contribution in [0.4, 0.5) is 0 Å². The molecule has 0 spiro atoms. The molecule has 3 rings (SSSR count). The Morgan fingerprint density at radius 1 is 1.24 bits per heavy atom. The molecule has 2 unspecified atom stereocenters. The van der Waals surface area contributed by atoms with Crippen molar-refractivity contribution in [1.82, 2.24) is 4.90 Å². The van der Waals surface area contributed by atoms with Gasteiger partial charge in [0.1, 0.15) is 23.5 Å². The first-order chi connectivity index (χ1) is 10.0. The molecule has 1 aliphatic heterocycles. The van der Waals surface area contributed by atoms with E-state index in [-0.39, 0.29) is 5.91 Å². The van der Waals surface area contributed by atoms with Crippen LogP contribution in [0.15, 0.2) is 40.8 Å². The largest absolute Gasteiger partial charge is 0.481 e. The maximum atomic E-state index is 12.5. The Kier molecular flexibility index (Phi) is 3.05. The molecule has 0 bridgehead atoms. The number of amides is 1. The number of rotatable bonds is 2. The number of nitrogens with zero attached hydrogens (tertiary/aromatic N) is 1. The number of carboxylic acid groups (broad SMARTS) is 1. The number of hydrogen-bond acceptors (Lipinski definition) is 3. The fourth-order valence-electron chi connectivity index (χ4n) is 2.91. The van der Waals surface area contributed by atoms with E-state index in [2.05, 4.69) is 0 Å². The number of carbonyl (C=O) groups is 2. The van der Waals surface area contributed by atoms with Crippen LogP contribution in [0.2, 0.25) is 0 Å². The molecule has 2 aromatic rings. The van der Waals surface area contributed by atoms with E-state index in [9.17, 15) is 14.7 Å². The summed E-state index contributed by atoms with van der Waals surface area (Å²) in [7, 11) is 1.61. The van der Waals surface area contributed by atoms with Gasteiger partial charge in [0.05, 0.1) is 0 Å². The highest BCUT2D eigenvalue weighted by atomic mass is 16.4. The zero-order valence-electron chi connectivity index (χ0n) is 11.7. The molecule has 0 radical (unpaired) electrons. The van der Waals surface area contributed by atoms with E-state index in [1.54, 1.807) is 50.4 Å². The van der Waals surface area contributed by atoms with Crippen molar-refractivity contribution in [2.24, 2.45) is 0 Å². The molecule has 0 saturated heterocycles. The highest BCUT2D eigenvalue weighted by Crippen LogP contribution is 2.42. The first kappa shape index (κ1) is 13.4. The second-order valence-corrected chi connectivity index (χ2v) is 5.21. The lowest BCUT2D eigenvalue weighted by molar-refractivity contribution is -0.140. The Morgan fingerprint density at radius 3 is 2.57 bits per heavy atom. The number of likely N-dealkylation sites (N-methyl/N-ethyl adjacent to an activating group) is 1. The van der Waals surface area contributed by atoms with Crippen LogP contribution < -0.4 is 0 Å². The predicted octanol–water partition coefficient (Wildman–Crippen LogP) is 2.58. The van der Waals surface area contributed by atoms with Crippen LogP contribution in [0.5, 0.6) is 0 Å². The smallest absolute Gasteiger partial charge is 0.313 e. The molecule has 5 nitrogen and oxygen atoms in total. The topological polar surface area (TPSA) is 70.8 Å². The van der Waals surface area contributed by atoms with Crippen molar-refractivity contribution in [3.05, 3.63) is 59.0 Å². The van der Waals surface area contributed by atoms with Gasteiger partial charge in [-0.2, -0.15) is 0 Å². The zero-order valence-corrected chi connectivity index (χ0v) is 11.7. The van der Waals surface area contributed by atoms with Crippen LogP contribution in [0.3, 0.4) is 0 Å². The quantitative estimate of drug-likeness (QED) is 0.920. The monoisotopic (exact) mass is 285 g/mol. The Balaban J connectivity index is 2.20. The molecule has 0 aliphatic carbocycles. The van der Waals surface area contributed by atoms with E-state index in [1.807, 2.05) is 0 Å². The second-order valence-electron chi connectivity index (χ2n) is 5.21. The third-order valence-corrected chi connectivity index (χ3v) is 3.90. The third kappa shape index (κ3) is 2.01. The second kappa shape index (κ2) is 4.77. The molecule has 0 fully saturated rings. The SMILES string of the molecule is Cc1ccc(C2C(C(=O)O)c3ccccc3C(=O)N2C)o1. The Labute approximate surface area is 121 Å². The lowest BCUT2D eigenvalue weighted by Crippen LogP contribution is -2.42. The van der Waals surface area contributed by atoms with Crippen LogP contribution in [0.1, 0.15) is 39.4 Å². The summed E-state index contributed by atoms with van der Waals surface area (Å²) in [5.41, 5.74) is 0.971. The summed E-state index contributed by atoms with van der Waals surface area (Å²) in [6.07, 6.45) is 0. The van der Waals surface area contributed by atoms with Gasteiger partial charge in [-0.3, -0.25) is 9.59 Å². The lowest BCUT2D eigenvalue weighted by Gasteiger charge is -2.37. The highest BCUT2D eigenvalue weighted by molar-refractivity contribution is 6.00. The Morgan fingerprint density at radius 2 is 1.95 bits per heavy atom. The summed E-state index contributed by atoms with van der Waals surface area (Å²) < 4.78 is 5.58. The van der Waals surface area contributed by atoms with E-state index in [4.69, 9.17) is 4.42 Å². The van der Waals surface area contributed by atoms with Crippen LogP contribution >= 0.6 is 0 Å². The molecule has 1 amide bonds. The number of fused-ring (bicyclic) bond motifs is 1. The molecular formula is C16H15NO4. The fraction of sp³-hybridized carbons (Fsp3) is 0.250. The molecule has 1 aliphatic rings. The maximum Gasteiger partial charge on any atom is 0.313 e. The average molecular weight is 285 g/mol. The molecule has 1 aromatic heterocycles. The summed E-state index contributed by atoms with van der Waals surface area (Å²) in [5.74, 6) is -0.823. The summed E-state index contributed by atoms with van der Waals surface area (Å²) in [6, 6.07) is 9.70. The molecule has 0 saturated carbocycles. The number of carbonyl (C=O) groups excluding carboxylic acids is 1. The number of aryl methyl sites for hydroxylation is 1. The zero-order chi connectivity index (χ0) is 15.1. The van der Waals surface area contributed by atoms with Gasteiger partial charge in [0, 0.05) is 12.6 Å². The van der Waals surface area contributed by atoms with Gasteiger partial charge in [0.15, 0.2) is 0 Å². The summed E-state index contributed by atoms with van der Waals surface area (Å²) in [6.45, 7) is 1.79. The molecule has 1 N–H and O–H groups in total. The first-order valence-corrected chi connectivity index (χ1v) is 6.66. The standard InChI is InChI=1S/C16H15NO4/c1-9-7-8-12(21-9)14-13(16(19)20)10-5-3-4-6-11(10)15(18)17(14)2/h3-8,13-14H,1-2H3,(H,19,20). The number of carboxylic acids is 1. The van der Waals surface area contributed by atoms with Crippen molar-refractivity contribution in [1.29, 1.82) is 0 Å². The van der Waals surface area contributed by atoms with Gasteiger partial charge < -0.3 is 14.4 Å². The molecule has 21 heavy (non-hydrogen) atoms. The van der Waals surface area contributed by atoms with Gasteiger partial charge in [0.25, 0.3) is 5.91 Å². The summed E-state index contributed by atoms with van der Waals surface area (Å²) in [4.78, 5) is 25.7. The van der Waals surface area contributed by atoms with Crippen molar-refractivity contribution in [2.75, 3.05) is 7.05 Å². The van der Waals surface area contributed by atoms with Gasteiger partial charge >= 0.3 is 5.97 Å². The van der Waals surface area contributed by atoms with Crippen molar-refractivity contribution < 1.29 is 19.1 Å². The highest BCUT2D eigenvalue weighted by Gasteiger charge is 2.44. The Bertz CT molecular complexity index is 719. The van der Waals surface area contributed by atoms with Crippen molar-refractivity contribution in [3.8, 4) is 0 Å². The number of benzene rings is 1. The predicted molar refractivity (Wildman–Crippen MR) is 75.1 cm³/mol. The number of aliphatic carboxylic acids is 1. The molecule has 2 atom stereocenters. The average Bonchev–Trinajstić information content (AvgIpc) is 2.88. The van der Waals surface area contributed by atoms with Crippen molar-refractivity contribution >= 4 is 11.9 Å². The van der Waals surface area contributed by atoms with Gasteiger partial charge in [-0.05, 0) is 30.7 Å². The van der Waals surface area contributed by atoms with E-state index in [0.29, 0.717) is 22.6 Å². The van der Waals surface area contributed by atoms with Gasteiger partial charge in [-0.1, -0.05) is 18.2 Å². The molecule has 5 heteroatoms. The van der Waals surface area contributed by atoms with Gasteiger partial charge in [0.2, 0.25) is 0 Å². The van der Waals surface area contributed by atoms with E-state index >= 15 is 0 Å². The minimum absolute atomic E-state index is 0.192. The van der Waals surface area contributed by atoms with Gasteiger partial charge in [-0.15, -0.1) is 0 Å². The van der Waals surface area contributed by atoms with Crippen LogP contribution in [-0.4, -0.2) is 28.9 Å². The van der Waals surface area contributed by atoms with Crippen molar-refractivity contribution in [2.45, 2.75) is 18.9 Å². The molecular weight excluding hydrogens is 270 g/mol. The van der Waals surface area contributed by atoms with E-state index in [1.165, 1.54) is 4.90 Å². The number of hydrogen-bond donors (Lipinski definition) is 1. The van der Waals surface area contributed by atoms with Gasteiger partial charge in [-0.25, -0.2) is 0 Å². The molecule has 2 heterocycles. The normalized spacial score (nSPS) is 21.2. The van der Waals surface area contributed by atoms with Crippen LogP contribution in [0.25, 0.3) is 0 Å². The Hall–Kier alpha value is -2.56. The molecule has 108 valence electrons. The van der Waals surface area contributed by atoms with Crippen LogP contribution in [0, 0.1) is 6.92 Å².